The van der Waals surface area contributed by atoms with Gasteiger partial charge in [-0.05, 0) is 33.6 Å². The quantitative estimate of drug-likeness (QED) is 0.589. The highest BCUT2D eigenvalue weighted by Crippen LogP contribution is 2.22. The summed E-state index contributed by atoms with van der Waals surface area (Å²) >= 11 is 0. The van der Waals surface area contributed by atoms with Crippen molar-refractivity contribution in [3.8, 4) is 0 Å². The van der Waals surface area contributed by atoms with Gasteiger partial charge in [-0.1, -0.05) is 6.08 Å². The average molecular weight is 311 g/mol. The van der Waals surface area contributed by atoms with E-state index in [2.05, 4.69) is 4.74 Å². The van der Waals surface area contributed by atoms with Crippen LogP contribution in [-0.2, 0) is 19.1 Å². The Labute approximate surface area is 131 Å². The molecule has 124 valence electrons. The number of methoxy groups -OCH3 is 1. The molecule has 0 bridgehead atoms. The number of hydrogen-bond acceptors (Lipinski definition) is 5. The maximum Gasteiger partial charge on any atom is 0.410 e. The zero-order valence-electron chi connectivity index (χ0n) is 13.8. The maximum atomic E-state index is 12.4. The number of carbonyl (C=O) groups is 3. The molecule has 1 rings (SSSR count). The van der Waals surface area contributed by atoms with Gasteiger partial charge >= 0.3 is 12.1 Å². The minimum Gasteiger partial charge on any atom is -0.466 e. The van der Waals surface area contributed by atoms with Crippen molar-refractivity contribution in [3.05, 3.63) is 12.2 Å². The molecule has 0 aromatic carbocycles. The lowest BCUT2D eigenvalue weighted by Gasteiger charge is -2.34. The van der Waals surface area contributed by atoms with Crippen LogP contribution in [0.15, 0.2) is 12.2 Å². The van der Waals surface area contributed by atoms with Gasteiger partial charge in [-0.3, -0.25) is 4.79 Å². The number of ketones is 1. The van der Waals surface area contributed by atoms with Crippen LogP contribution < -0.4 is 0 Å². The molecule has 1 fully saturated rings. The van der Waals surface area contributed by atoms with Crippen molar-refractivity contribution in [2.45, 2.75) is 58.1 Å². The van der Waals surface area contributed by atoms with Gasteiger partial charge in [0.1, 0.15) is 11.4 Å². The SMILES string of the molecule is COC(=O)/C=C/CN(C(=O)OC(C)(C)C)C1CCC(=O)CC1. The lowest BCUT2D eigenvalue weighted by molar-refractivity contribution is -0.134. The van der Waals surface area contributed by atoms with Gasteiger partial charge in [-0.2, -0.15) is 0 Å². The third kappa shape index (κ3) is 6.28. The number of nitrogens with zero attached hydrogens (tertiary/aromatic N) is 1. The monoisotopic (exact) mass is 311 g/mol. The van der Waals surface area contributed by atoms with Crippen LogP contribution in [0.4, 0.5) is 4.79 Å². The maximum absolute atomic E-state index is 12.4. The number of hydrogen-bond donors (Lipinski definition) is 0. The predicted octanol–water partition coefficient (Wildman–Crippen LogP) is 2.46. The summed E-state index contributed by atoms with van der Waals surface area (Å²) < 4.78 is 9.94. The summed E-state index contributed by atoms with van der Waals surface area (Å²) in [5.74, 6) is -0.242. The Kier molecular flexibility index (Phi) is 6.59. The second-order valence-electron chi connectivity index (χ2n) is 6.33. The summed E-state index contributed by atoms with van der Waals surface area (Å²) in [5, 5.41) is 0. The number of amides is 1. The first-order valence-corrected chi connectivity index (χ1v) is 7.48. The molecule has 0 unspecified atom stereocenters. The predicted molar refractivity (Wildman–Crippen MR) is 81.4 cm³/mol. The van der Waals surface area contributed by atoms with Crippen LogP contribution in [0, 0.1) is 0 Å². The van der Waals surface area contributed by atoms with E-state index in [1.165, 1.54) is 13.2 Å². The standard InChI is InChI=1S/C16H25NO5/c1-16(2,3)22-15(20)17(11-5-6-14(19)21-4)12-7-9-13(18)10-8-12/h5-6,12H,7-11H2,1-4H3/b6-5+. The van der Waals surface area contributed by atoms with Crippen molar-refractivity contribution < 1.29 is 23.9 Å². The molecule has 0 N–H and O–H groups in total. The summed E-state index contributed by atoms with van der Waals surface area (Å²) in [6, 6.07) is -0.0464. The van der Waals surface area contributed by atoms with Gasteiger partial charge in [0.15, 0.2) is 0 Å². The Balaban J connectivity index is 2.75. The van der Waals surface area contributed by atoms with Crippen LogP contribution in [0.5, 0.6) is 0 Å². The van der Waals surface area contributed by atoms with E-state index in [9.17, 15) is 14.4 Å². The van der Waals surface area contributed by atoms with Gasteiger partial charge in [0.05, 0.1) is 7.11 Å². The van der Waals surface area contributed by atoms with Crippen LogP contribution >= 0.6 is 0 Å². The van der Waals surface area contributed by atoms with E-state index < -0.39 is 17.7 Å². The third-order valence-electron chi connectivity index (χ3n) is 3.34. The molecule has 0 saturated heterocycles. The zero-order chi connectivity index (χ0) is 16.8. The fourth-order valence-electron chi connectivity index (χ4n) is 2.26. The second kappa shape index (κ2) is 7.96. The third-order valence-corrected chi connectivity index (χ3v) is 3.34. The number of carbonyl (C=O) groups excluding carboxylic acids is 3. The first kappa shape index (κ1) is 18.2. The lowest BCUT2D eigenvalue weighted by atomic mass is 9.93. The number of rotatable bonds is 4. The fraction of sp³-hybridized carbons (Fsp3) is 0.688. The van der Waals surface area contributed by atoms with Crippen molar-refractivity contribution >= 4 is 17.8 Å². The Morgan fingerprint density at radius 3 is 2.36 bits per heavy atom. The van der Waals surface area contributed by atoms with E-state index in [1.54, 1.807) is 31.7 Å². The summed E-state index contributed by atoms with van der Waals surface area (Å²) in [4.78, 5) is 36.4. The molecule has 0 radical (unpaired) electrons. The van der Waals surface area contributed by atoms with E-state index in [-0.39, 0.29) is 18.4 Å². The Bertz CT molecular complexity index is 440. The minimum absolute atomic E-state index is 0.0464. The van der Waals surface area contributed by atoms with Gasteiger partial charge in [0.2, 0.25) is 0 Å². The van der Waals surface area contributed by atoms with Gasteiger partial charge in [-0.15, -0.1) is 0 Å². The Hall–Kier alpha value is -1.85. The molecule has 0 aliphatic heterocycles. The molecule has 1 amide bonds. The van der Waals surface area contributed by atoms with Gasteiger partial charge < -0.3 is 14.4 Å². The first-order valence-electron chi connectivity index (χ1n) is 7.48. The summed E-state index contributed by atoms with van der Waals surface area (Å²) in [7, 11) is 1.30. The molecule has 6 nitrogen and oxygen atoms in total. The lowest BCUT2D eigenvalue weighted by Crippen LogP contribution is -2.45. The topological polar surface area (TPSA) is 72.9 Å². The molecule has 0 aromatic rings. The number of esters is 1. The van der Waals surface area contributed by atoms with E-state index in [0.29, 0.717) is 25.7 Å². The van der Waals surface area contributed by atoms with Gasteiger partial charge in [-0.25, -0.2) is 9.59 Å². The highest BCUT2D eigenvalue weighted by atomic mass is 16.6. The van der Waals surface area contributed by atoms with Gasteiger partial charge in [0.25, 0.3) is 0 Å². The van der Waals surface area contributed by atoms with Gasteiger partial charge in [0, 0.05) is 31.5 Å². The van der Waals surface area contributed by atoms with E-state index in [4.69, 9.17) is 4.74 Å². The van der Waals surface area contributed by atoms with E-state index in [1.807, 2.05) is 0 Å². The Morgan fingerprint density at radius 1 is 1.27 bits per heavy atom. The van der Waals surface area contributed by atoms with Crippen molar-refractivity contribution in [1.29, 1.82) is 0 Å². The molecule has 0 heterocycles. The molecular formula is C16H25NO5. The molecule has 6 heteroatoms. The second-order valence-corrected chi connectivity index (χ2v) is 6.33. The van der Waals surface area contributed by atoms with Crippen LogP contribution in [0.2, 0.25) is 0 Å². The summed E-state index contributed by atoms with van der Waals surface area (Å²) in [6.07, 6.45) is 4.64. The van der Waals surface area contributed by atoms with Crippen LogP contribution in [0.1, 0.15) is 46.5 Å². The molecule has 0 spiro atoms. The normalized spacial score (nSPS) is 16.6. The van der Waals surface area contributed by atoms with Crippen LogP contribution in [-0.4, -0.2) is 48.0 Å². The molecule has 1 aliphatic rings. The summed E-state index contributed by atoms with van der Waals surface area (Å²) in [5.41, 5.74) is -0.591. The molecule has 0 atom stereocenters. The van der Waals surface area contributed by atoms with Crippen molar-refractivity contribution in [2.75, 3.05) is 13.7 Å². The number of Topliss-reactive ketones (excluding diaryl/α,β-unsaturated/α-hetero) is 1. The first-order chi connectivity index (χ1) is 10.2. The van der Waals surface area contributed by atoms with Crippen molar-refractivity contribution in [1.82, 2.24) is 4.90 Å². The average Bonchev–Trinajstić information content (AvgIpc) is 2.42. The highest BCUT2D eigenvalue weighted by molar-refractivity contribution is 5.82. The minimum atomic E-state index is -0.591. The number of ether oxygens (including phenoxy) is 2. The summed E-state index contributed by atoms with van der Waals surface area (Å²) in [6.45, 7) is 5.66. The molecule has 0 aromatic heterocycles. The zero-order valence-corrected chi connectivity index (χ0v) is 13.8. The molecular weight excluding hydrogens is 286 g/mol. The van der Waals surface area contributed by atoms with Crippen LogP contribution in [0.25, 0.3) is 0 Å². The van der Waals surface area contributed by atoms with Crippen LogP contribution in [0.3, 0.4) is 0 Å². The van der Waals surface area contributed by atoms with Crippen molar-refractivity contribution in [3.63, 3.8) is 0 Å². The largest absolute Gasteiger partial charge is 0.466 e. The molecule has 22 heavy (non-hydrogen) atoms. The van der Waals surface area contributed by atoms with E-state index in [0.717, 1.165) is 0 Å². The smallest absolute Gasteiger partial charge is 0.410 e. The fourth-order valence-corrected chi connectivity index (χ4v) is 2.26. The van der Waals surface area contributed by atoms with Crippen molar-refractivity contribution in [2.24, 2.45) is 0 Å². The van der Waals surface area contributed by atoms with E-state index >= 15 is 0 Å². The Morgan fingerprint density at radius 2 is 1.86 bits per heavy atom. The molecule has 1 aliphatic carbocycles. The highest BCUT2D eigenvalue weighted by Gasteiger charge is 2.30. The molecule has 1 saturated carbocycles.